The minimum Gasteiger partial charge on any atom is -0.499 e. The lowest BCUT2D eigenvalue weighted by atomic mass is 10.5. The van der Waals surface area contributed by atoms with Gasteiger partial charge in [0.1, 0.15) is 10.7 Å². The number of hydrogen-bond acceptors (Lipinski definition) is 4. The van der Waals surface area contributed by atoms with Crippen molar-refractivity contribution in [3.63, 3.8) is 0 Å². The van der Waals surface area contributed by atoms with Gasteiger partial charge < -0.3 is 9.15 Å². The van der Waals surface area contributed by atoms with Crippen molar-refractivity contribution in [2.75, 3.05) is 6.61 Å². The van der Waals surface area contributed by atoms with Crippen molar-refractivity contribution in [2.45, 2.75) is 14.1 Å². The topological polar surface area (TPSA) is 22.4 Å². The van der Waals surface area contributed by atoms with Crippen LogP contribution in [-0.4, -0.2) is 10.7 Å². The summed E-state index contributed by atoms with van der Waals surface area (Å²) in [4.78, 5) is 1.23. The predicted octanol–water partition coefficient (Wildman–Crippen LogP) is 2.72. The van der Waals surface area contributed by atoms with E-state index in [9.17, 15) is 0 Å². The van der Waals surface area contributed by atoms with Gasteiger partial charge in [0, 0.05) is 0 Å². The number of thioether (sulfide) groups is 2. The molecule has 0 saturated carbocycles. The van der Waals surface area contributed by atoms with E-state index in [1.165, 1.54) is 4.90 Å². The van der Waals surface area contributed by atoms with Crippen LogP contribution in [0.15, 0.2) is 39.1 Å². The van der Waals surface area contributed by atoms with Gasteiger partial charge in [-0.15, -0.1) is 0 Å². The molecule has 3 heterocycles. The predicted molar refractivity (Wildman–Crippen MR) is 48.2 cm³/mol. The minimum absolute atomic E-state index is 0.0649. The lowest BCUT2D eigenvalue weighted by Crippen LogP contribution is -2.15. The van der Waals surface area contributed by atoms with Crippen LogP contribution in [-0.2, 0) is 4.74 Å². The van der Waals surface area contributed by atoms with E-state index in [-0.39, 0.29) is 4.08 Å². The maximum absolute atomic E-state index is 5.32. The minimum atomic E-state index is 0.0649. The van der Waals surface area contributed by atoms with Gasteiger partial charge in [-0.3, -0.25) is 0 Å². The second kappa shape index (κ2) is 2.26. The molecule has 1 aromatic heterocycles. The highest BCUT2D eigenvalue weighted by Gasteiger charge is 2.42. The Kier molecular flexibility index (Phi) is 1.32. The Bertz CT molecular complexity index is 322. The van der Waals surface area contributed by atoms with Crippen molar-refractivity contribution >= 4 is 23.5 Å². The van der Waals surface area contributed by atoms with Crippen molar-refractivity contribution in [2.24, 2.45) is 0 Å². The van der Waals surface area contributed by atoms with Crippen LogP contribution in [0.1, 0.15) is 0 Å². The number of hydrogen-bond donors (Lipinski definition) is 0. The molecule has 0 saturated heterocycles. The van der Waals surface area contributed by atoms with Crippen LogP contribution in [0, 0.1) is 0 Å². The molecule has 0 aliphatic carbocycles. The highest BCUT2D eigenvalue weighted by Crippen LogP contribution is 2.58. The fourth-order valence-corrected chi connectivity index (χ4v) is 3.92. The Morgan fingerprint density at radius 2 is 2.42 bits per heavy atom. The molecule has 0 aromatic carbocycles. The molecule has 1 unspecified atom stereocenters. The van der Waals surface area contributed by atoms with Crippen molar-refractivity contribution < 1.29 is 9.15 Å². The third kappa shape index (κ3) is 0.850. The quantitative estimate of drug-likeness (QED) is 0.639. The smallest absolute Gasteiger partial charge is 0.175 e. The molecular formula is C8H6O2S2. The average Bonchev–Trinajstić information content (AvgIpc) is 2.66. The highest BCUT2D eigenvalue weighted by molar-refractivity contribution is 8.21. The van der Waals surface area contributed by atoms with E-state index in [2.05, 4.69) is 6.08 Å². The summed E-state index contributed by atoms with van der Waals surface area (Å²) < 4.78 is 10.6. The van der Waals surface area contributed by atoms with Gasteiger partial charge in [0.05, 0.1) is 17.4 Å². The highest BCUT2D eigenvalue weighted by atomic mass is 32.2. The lowest BCUT2D eigenvalue weighted by molar-refractivity contribution is 0.279. The van der Waals surface area contributed by atoms with Crippen molar-refractivity contribution in [3.8, 4) is 0 Å². The van der Waals surface area contributed by atoms with E-state index in [0.717, 1.165) is 11.7 Å². The zero-order valence-corrected chi connectivity index (χ0v) is 7.78. The molecule has 1 atom stereocenters. The molecule has 1 spiro atoms. The number of ether oxygens (including phenoxy) is 1. The molecule has 2 nitrogen and oxygen atoms in total. The number of fused-ring (bicyclic) bond motifs is 1. The second-order valence-corrected chi connectivity index (χ2v) is 5.64. The summed E-state index contributed by atoms with van der Waals surface area (Å²) in [5.74, 6) is 0. The van der Waals surface area contributed by atoms with Crippen LogP contribution in [0.3, 0.4) is 0 Å². The van der Waals surface area contributed by atoms with Gasteiger partial charge in [0.2, 0.25) is 0 Å². The number of rotatable bonds is 0. The van der Waals surface area contributed by atoms with Crippen molar-refractivity contribution in [3.05, 3.63) is 24.7 Å². The van der Waals surface area contributed by atoms with Crippen LogP contribution >= 0.6 is 23.5 Å². The summed E-state index contributed by atoms with van der Waals surface area (Å²) in [6.45, 7) is 0.743. The summed E-state index contributed by atoms with van der Waals surface area (Å²) >= 11 is 3.55. The molecule has 4 heteroatoms. The zero-order chi connectivity index (χ0) is 8.02. The first kappa shape index (κ1) is 6.97. The molecule has 12 heavy (non-hydrogen) atoms. The van der Waals surface area contributed by atoms with E-state index in [4.69, 9.17) is 9.15 Å². The monoisotopic (exact) mass is 198 g/mol. The Morgan fingerprint density at radius 1 is 1.42 bits per heavy atom. The molecule has 0 amide bonds. The largest absolute Gasteiger partial charge is 0.499 e. The Balaban J connectivity index is 1.99. The fourth-order valence-electron chi connectivity index (χ4n) is 1.29. The Labute approximate surface area is 78.3 Å². The second-order valence-electron chi connectivity index (χ2n) is 2.70. The van der Waals surface area contributed by atoms with Gasteiger partial charge in [-0.2, -0.15) is 0 Å². The van der Waals surface area contributed by atoms with Crippen LogP contribution in [0.5, 0.6) is 0 Å². The van der Waals surface area contributed by atoms with Gasteiger partial charge >= 0.3 is 0 Å². The van der Waals surface area contributed by atoms with Gasteiger partial charge in [0.25, 0.3) is 0 Å². The summed E-state index contributed by atoms with van der Waals surface area (Å²) in [6.07, 6.45) is 5.60. The first-order chi connectivity index (χ1) is 5.88. The molecule has 0 bridgehead atoms. The van der Waals surface area contributed by atoms with Crippen molar-refractivity contribution in [1.29, 1.82) is 0 Å². The van der Waals surface area contributed by atoms with Crippen LogP contribution in [0.4, 0.5) is 0 Å². The molecule has 0 fully saturated rings. The third-order valence-electron chi connectivity index (χ3n) is 1.85. The average molecular weight is 198 g/mol. The van der Waals surface area contributed by atoms with E-state index in [1.807, 2.05) is 17.8 Å². The summed E-state index contributed by atoms with van der Waals surface area (Å²) in [5.41, 5.74) is 0. The Morgan fingerprint density at radius 3 is 3.17 bits per heavy atom. The van der Waals surface area contributed by atoms with E-state index >= 15 is 0 Å². The third-order valence-corrected chi connectivity index (χ3v) is 4.72. The maximum Gasteiger partial charge on any atom is 0.175 e. The normalized spacial score (nSPS) is 31.0. The fraction of sp³-hybridized carbons (Fsp3) is 0.250. The SMILES string of the molecule is C1=CC2(CO1)Sc1ccoc1S2. The van der Waals surface area contributed by atoms with Crippen molar-refractivity contribution in [1.82, 2.24) is 0 Å². The first-order valence-corrected chi connectivity index (χ1v) is 5.26. The van der Waals surface area contributed by atoms with Gasteiger partial charge in [-0.05, 0) is 12.1 Å². The maximum atomic E-state index is 5.32. The molecular weight excluding hydrogens is 192 g/mol. The lowest BCUT2D eigenvalue weighted by Gasteiger charge is -2.14. The van der Waals surface area contributed by atoms with Gasteiger partial charge in [-0.1, -0.05) is 23.5 Å². The van der Waals surface area contributed by atoms with E-state index in [1.54, 1.807) is 24.3 Å². The molecule has 0 radical (unpaired) electrons. The van der Waals surface area contributed by atoms with Crippen LogP contribution in [0.25, 0.3) is 0 Å². The molecule has 2 aliphatic heterocycles. The molecule has 0 N–H and O–H groups in total. The van der Waals surface area contributed by atoms with E-state index < -0.39 is 0 Å². The molecule has 62 valence electrons. The van der Waals surface area contributed by atoms with Crippen LogP contribution < -0.4 is 0 Å². The van der Waals surface area contributed by atoms with Gasteiger partial charge in [-0.25, -0.2) is 0 Å². The molecule has 3 rings (SSSR count). The molecule has 2 aliphatic rings. The first-order valence-electron chi connectivity index (χ1n) is 3.63. The number of furan rings is 1. The van der Waals surface area contributed by atoms with Gasteiger partial charge in [0.15, 0.2) is 5.09 Å². The standard InChI is InChI=1S/C8H6O2S2/c1-3-10-7-6(1)11-8(12-7)2-4-9-5-8/h1-4H,5H2. The zero-order valence-electron chi connectivity index (χ0n) is 6.15. The summed E-state index contributed by atoms with van der Waals surface area (Å²) in [6, 6.07) is 2.01. The Hall–Kier alpha value is -0.480. The molecule has 1 aromatic rings. The summed E-state index contributed by atoms with van der Waals surface area (Å²) in [5, 5.41) is 1.02. The van der Waals surface area contributed by atoms with Crippen LogP contribution in [0.2, 0.25) is 0 Å². The van der Waals surface area contributed by atoms with E-state index in [0.29, 0.717) is 0 Å². The summed E-state index contributed by atoms with van der Waals surface area (Å²) in [7, 11) is 0.